The number of nitrogens with zero attached hydrogens (tertiary/aromatic N) is 2. The average Bonchev–Trinajstić information content (AvgIpc) is 2.39. The molecular weight excluding hydrogens is 248 g/mol. The van der Waals surface area contributed by atoms with E-state index in [4.69, 9.17) is 9.84 Å². The maximum atomic E-state index is 12.1. The number of carbonyl (C=O) groups is 2. The van der Waals surface area contributed by atoms with Crippen LogP contribution in [0.2, 0.25) is 0 Å². The van der Waals surface area contributed by atoms with E-state index in [0.717, 1.165) is 12.8 Å². The molecule has 0 aromatic carbocycles. The fraction of sp³-hybridized carbons (Fsp3) is 0.846. The highest BCUT2D eigenvalue weighted by atomic mass is 16.5. The molecule has 110 valence electrons. The number of piperidine rings is 1. The van der Waals surface area contributed by atoms with Crippen molar-refractivity contribution in [3.05, 3.63) is 0 Å². The molecule has 2 amide bonds. The monoisotopic (exact) mass is 272 g/mol. The molecule has 0 saturated carbocycles. The highest BCUT2D eigenvalue weighted by molar-refractivity contribution is 5.76. The number of aliphatic carboxylic acids is 1. The third-order valence-electron chi connectivity index (χ3n) is 3.41. The summed E-state index contributed by atoms with van der Waals surface area (Å²) in [5.74, 6) is -1.43. The van der Waals surface area contributed by atoms with Crippen molar-refractivity contribution in [3.8, 4) is 0 Å². The normalized spacial score (nSPS) is 18.2. The van der Waals surface area contributed by atoms with E-state index in [2.05, 4.69) is 0 Å². The third kappa shape index (κ3) is 4.70. The molecule has 1 unspecified atom stereocenters. The van der Waals surface area contributed by atoms with Crippen LogP contribution in [0.25, 0.3) is 0 Å². The molecule has 0 aromatic heterocycles. The second-order valence-electron chi connectivity index (χ2n) is 5.04. The summed E-state index contributed by atoms with van der Waals surface area (Å²) in [5.41, 5.74) is 0. The van der Waals surface area contributed by atoms with Gasteiger partial charge in [0.1, 0.15) is 0 Å². The van der Waals surface area contributed by atoms with Crippen LogP contribution in [0, 0.1) is 5.92 Å². The number of carboxylic acid groups (broad SMARTS) is 1. The lowest BCUT2D eigenvalue weighted by Gasteiger charge is -2.34. The maximum Gasteiger partial charge on any atom is 0.319 e. The van der Waals surface area contributed by atoms with Crippen LogP contribution in [0.3, 0.4) is 0 Å². The molecule has 6 heteroatoms. The number of hydrogen-bond acceptors (Lipinski definition) is 3. The van der Waals surface area contributed by atoms with Crippen molar-refractivity contribution in [1.29, 1.82) is 0 Å². The van der Waals surface area contributed by atoms with Crippen LogP contribution >= 0.6 is 0 Å². The lowest BCUT2D eigenvalue weighted by molar-refractivity contribution is -0.141. The molecule has 1 heterocycles. The number of carbonyl (C=O) groups excluding carboxylic acids is 1. The lowest BCUT2D eigenvalue weighted by atomic mass is 10.1. The Morgan fingerprint density at radius 2 is 2.00 bits per heavy atom. The van der Waals surface area contributed by atoms with Gasteiger partial charge in [-0.1, -0.05) is 6.92 Å². The highest BCUT2D eigenvalue weighted by Gasteiger charge is 2.26. The van der Waals surface area contributed by atoms with Crippen LogP contribution in [0.4, 0.5) is 4.79 Å². The summed E-state index contributed by atoms with van der Waals surface area (Å²) in [7, 11) is 1.65. The molecular formula is C13H24N2O4. The minimum Gasteiger partial charge on any atom is -0.481 e. The van der Waals surface area contributed by atoms with E-state index in [0.29, 0.717) is 19.7 Å². The van der Waals surface area contributed by atoms with Gasteiger partial charge < -0.3 is 19.6 Å². The Labute approximate surface area is 114 Å². The average molecular weight is 272 g/mol. The van der Waals surface area contributed by atoms with Crippen molar-refractivity contribution < 1.29 is 19.4 Å². The zero-order chi connectivity index (χ0) is 14.4. The number of urea groups is 1. The van der Waals surface area contributed by atoms with E-state index in [1.165, 1.54) is 4.90 Å². The third-order valence-corrected chi connectivity index (χ3v) is 3.41. The quantitative estimate of drug-likeness (QED) is 0.818. The van der Waals surface area contributed by atoms with Gasteiger partial charge in [0, 0.05) is 33.3 Å². The Morgan fingerprint density at radius 1 is 1.42 bits per heavy atom. The highest BCUT2D eigenvalue weighted by Crippen LogP contribution is 2.15. The SMILES string of the molecule is CCOC1CCN(C(=O)N(C)CC(C)C(=O)O)CC1. The molecule has 1 atom stereocenters. The Hall–Kier alpha value is -1.30. The number of hydrogen-bond donors (Lipinski definition) is 1. The first-order valence-corrected chi connectivity index (χ1v) is 6.80. The number of likely N-dealkylation sites (tertiary alicyclic amines) is 1. The summed E-state index contributed by atoms with van der Waals surface area (Å²) in [4.78, 5) is 26.2. The summed E-state index contributed by atoms with van der Waals surface area (Å²) in [6.07, 6.45) is 1.95. The van der Waals surface area contributed by atoms with Gasteiger partial charge in [-0.15, -0.1) is 0 Å². The predicted octanol–water partition coefficient (Wildman–Crippen LogP) is 1.26. The first-order valence-electron chi connectivity index (χ1n) is 6.80. The fourth-order valence-corrected chi connectivity index (χ4v) is 2.26. The van der Waals surface area contributed by atoms with Gasteiger partial charge in [-0.3, -0.25) is 4.79 Å². The van der Waals surface area contributed by atoms with Crippen molar-refractivity contribution in [2.75, 3.05) is 33.3 Å². The van der Waals surface area contributed by atoms with Gasteiger partial charge in [0.2, 0.25) is 0 Å². The van der Waals surface area contributed by atoms with E-state index in [-0.39, 0.29) is 18.7 Å². The molecule has 1 aliphatic heterocycles. The van der Waals surface area contributed by atoms with Crippen LogP contribution in [-0.4, -0.2) is 66.3 Å². The molecule has 0 radical (unpaired) electrons. The van der Waals surface area contributed by atoms with Crippen LogP contribution in [0.1, 0.15) is 26.7 Å². The Kier molecular flexibility index (Phi) is 6.08. The Bertz CT molecular complexity index is 314. The van der Waals surface area contributed by atoms with Crippen molar-refractivity contribution in [3.63, 3.8) is 0 Å². The molecule has 0 bridgehead atoms. The van der Waals surface area contributed by atoms with Crippen LogP contribution < -0.4 is 0 Å². The van der Waals surface area contributed by atoms with Crippen LogP contribution in [-0.2, 0) is 9.53 Å². The fourth-order valence-electron chi connectivity index (χ4n) is 2.26. The zero-order valence-electron chi connectivity index (χ0n) is 12.0. The van der Waals surface area contributed by atoms with E-state index < -0.39 is 11.9 Å². The lowest BCUT2D eigenvalue weighted by Crippen LogP contribution is -2.48. The van der Waals surface area contributed by atoms with Gasteiger partial charge in [-0.2, -0.15) is 0 Å². The van der Waals surface area contributed by atoms with Crippen molar-refractivity contribution in [1.82, 2.24) is 9.80 Å². The summed E-state index contributed by atoms with van der Waals surface area (Å²) in [5, 5.41) is 8.85. The largest absolute Gasteiger partial charge is 0.481 e. The van der Waals surface area contributed by atoms with E-state index in [9.17, 15) is 9.59 Å². The van der Waals surface area contributed by atoms with Gasteiger partial charge in [0.25, 0.3) is 0 Å². The van der Waals surface area contributed by atoms with Gasteiger partial charge in [-0.25, -0.2) is 4.79 Å². The molecule has 19 heavy (non-hydrogen) atoms. The van der Waals surface area contributed by atoms with Gasteiger partial charge in [-0.05, 0) is 19.8 Å². The van der Waals surface area contributed by atoms with Crippen LogP contribution in [0.5, 0.6) is 0 Å². The smallest absolute Gasteiger partial charge is 0.319 e. The number of amides is 2. The van der Waals surface area contributed by atoms with E-state index in [1.54, 1.807) is 18.9 Å². The van der Waals surface area contributed by atoms with Crippen molar-refractivity contribution in [2.45, 2.75) is 32.8 Å². The summed E-state index contributed by atoms with van der Waals surface area (Å²) in [6.45, 7) is 5.87. The summed E-state index contributed by atoms with van der Waals surface area (Å²) in [6, 6.07) is -0.0944. The van der Waals surface area contributed by atoms with Gasteiger partial charge in [0.05, 0.1) is 12.0 Å². The second-order valence-corrected chi connectivity index (χ2v) is 5.04. The predicted molar refractivity (Wildman–Crippen MR) is 71.0 cm³/mol. The number of rotatable bonds is 5. The molecule has 0 aliphatic carbocycles. The van der Waals surface area contributed by atoms with Crippen molar-refractivity contribution >= 4 is 12.0 Å². The first kappa shape index (κ1) is 15.8. The molecule has 1 rings (SSSR count). The molecule has 6 nitrogen and oxygen atoms in total. The minimum atomic E-state index is -0.880. The number of carboxylic acids is 1. The zero-order valence-corrected chi connectivity index (χ0v) is 12.0. The van der Waals surface area contributed by atoms with E-state index >= 15 is 0 Å². The minimum absolute atomic E-state index is 0.0944. The van der Waals surface area contributed by atoms with E-state index in [1.807, 2.05) is 6.92 Å². The first-order chi connectivity index (χ1) is 8.95. The van der Waals surface area contributed by atoms with Crippen molar-refractivity contribution in [2.24, 2.45) is 5.92 Å². The molecule has 1 fully saturated rings. The summed E-state index contributed by atoms with van der Waals surface area (Å²) < 4.78 is 5.54. The topological polar surface area (TPSA) is 70.1 Å². The van der Waals surface area contributed by atoms with Crippen LogP contribution in [0.15, 0.2) is 0 Å². The number of ether oxygens (including phenoxy) is 1. The van der Waals surface area contributed by atoms with Gasteiger partial charge >= 0.3 is 12.0 Å². The Balaban J connectivity index is 2.40. The molecule has 0 spiro atoms. The molecule has 1 saturated heterocycles. The molecule has 0 aromatic rings. The van der Waals surface area contributed by atoms with Gasteiger partial charge in [0.15, 0.2) is 0 Å². The molecule has 1 aliphatic rings. The maximum absolute atomic E-state index is 12.1. The standard InChI is InChI=1S/C13H24N2O4/c1-4-19-11-5-7-15(8-6-11)13(18)14(3)9-10(2)12(16)17/h10-11H,4-9H2,1-3H3,(H,16,17). The second kappa shape index (κ2) is 7.33. The molecule has 1 N–H and O–H groups in total. The Morgan fingerprint density at radius 3 is 2.47 bits per heavy atom. The summed E-state index contributed by atoms with van der Waals surface area (Å²) >= 11 is 0.